The van der Waals surface area contributed by atoms with E-state index in [-0.39, 0.29) is 5.02 Å². The second-order valence-electron chi connectivity index (χ2n) is 7.06. The zero-order chi connectivity index (χ0) is 20.5. The van der Waals surface area contributed by atoms with Gasteiger partial charge in [-0.25, -0.2) is 4.39 Å². The number of hydrogen-bond donors (Lipinski definition) is 1. The quantitative estimate of drug-likeness (QED) is 0.448. The molecule has 0 fully saturated rings. The van der Waals surface area contributed by atoms with Crippen molar-refractivity contribution in [2.75, 3.05) is 12.3 Å². The van der Waals surface area contributed by atoms with Gasteiger partial charge in [0.15, 0.2) is 5.75 Å². The maximum Gasteiger partial charge on any atom is 0.164 e. The van der Waals surface area contributed by atoms with Gasteiger partial charge >= 0.3 is 0 Å². The lowest BCUT2D eigenvalue weighted by atomic mass is 9.99. The highest BCUT2D eigenvalue weighted by atomic mass is 35.5. The second kappa shape index (κ2) is 8.41. The van der Waals surface area contributed by atoms with Gasteiger partial charge in [0.1, 0.15) is 11.6 Å². The second-order valence-corrected chi connectivity index (χ2v) is 8.28. The van der Waals surface area contributed by atoms with Gasteiger partial charge in [0, 0.05) is 25.3 Å². The Morgan fingerprint density at radius 2 is 1.69 bits per heavy atom. The largest absolute Gasteiger partial charge is 0.454 e. The number of rotatable bonds is 4. The Labute approximate surface area is 183 Å². The number of halogens is 4. The minimum absolute atomic E-state index is 0.154. The minimum atomic E-state index is -0.395. The van der Waals surface area contributed by atoms with Crippen molar-refractivity contribution in [3.63, 3.8) is 0 Å². The summed E-state index contributed by atoms with van der Waals surface area (Å²) in [5, 5.41) is 0.899. The number of benzene rings is 3. The average molecular weight is 452 g/mol. The van der Waals surface area contributed by atoms with Crippen LogP contribution in [0.4, 0.5) is 10.1 Å². The Balaban J connectivity index is 1.48. The number of anilines is 1. The predicted molar refractivity (Wildman–Crippen MR) is 117 cm³/mol. The van der Waals surface area contributed by atoms with Crippen LogP contribution in [0.5, 0.6) is 11.5 Å². The number of nitrogens with two attached hydrogens (primary N) is 1. The molecule has 3 aromatic carbocycles. The van der Waals surface area contributed by atoms with E-state index in [1.54, 1.807) is 24.3 Å². The van der Waals surface area contributed by atoms with Crippen LogP contribution in [0.3, 0.4) is 0 Å². The maximum atomic E-state index is 13.4. The molecule has 4 rings (SSSR count). The molecule has 0 atom stereocenters. The first kappa shape index (κ1) is 20.3. The fourth-order valence-electron chi connectivity index (χ4n) is 3.48. The van der Waals surface area contributed by atoms with Gasteiger partial charge in [-0.3, -0.25) is 4.90 Å². The van der Waals surface area contributed by atoms with Gasteiger partial charge in [-0.15, -0.1) is 0 Å². The lowest BCUT2D eigenvalue weighted by Crippen LogP contribution is -2.30. The van der Waals surface area contributed by atoms with Crippen LogP contribution >= 0.6 is 34.8 Å². The predicted octanol–water partition coefficient (Wildman–Crippen LogP) is 6.72. The topological polar surface area (TPSA) is 38.5 Å². The highest BCUT2D eigenvalue weighted by molar-refractivity contribution is 6.37. The molecule has 0 aliphatic carbocycles. The third-order valence-electron chi connectivity index (χ3n) is 4.90. The van der Waals surface area contributed by atoms with Crippen molar-refractivity contribution >= 4 is 40.5 Å². The van der Waals surface area contributed by atoms with Crippen LogP contribution in [0.25, 0.3) is 0 Å². The summed E-state index contributed by atoms with van der Waals surface area (Å²) in [6.07, 6.45) is 0.880. The molecule has 0 spiro atoms. The Kier molecular flexibility index (Phi) is 5.88. The summed E-state index contributed by atoms with van der Waals surface area (Å²) in [7, 11) is 0. The third-order valence-corrected chi connectivity index (χ3v) is 5.75. The van der Waals surface area contributed by atoms with Crippen molar-refractivity contribution in [3.8, 4) is 11.5 Å². The molecule has 1 aliphatic rings. The van der Waals surface area contributed by atoms with Crippen LogP contribution < -0.4 is 10.5 Å². The monoisotopic (exact) mass is 450 g/mol. The summed E-state index contributed by atoms with van der Waals surface area (Å²) < 4.78 is 19.3. The van der Waals surface area contributed by atoms with Crippen molar-refractivity contribution in [3.05, 3.63) is 86.1 Å². The molecule has 0 bridgehead atoms. The van der Waals surface area contributed by atoms with E-state index in [1.807, 2.05) is 18.2 Å². The SMILES string of the molecule is Nc1cc(Cl)c(Oc2ccc3c(c2)CCN(Cc2ccc(F)c(Cl)c2)C3)c(Cl)c1. The molecular formula is C22H18Cl3FN2O. The first-order valence-electron chi connectivity index (χ1n) is 9.09. The standard InChI is InChI=1S/C22H18Cl3FN2O/c23-18-7-13(1-4-21(18)26)11-28-6-5-14-8-17(3-2-15(14)12-28)29-22-19(24)9-16(27)10-20(22)25/h1-4,7-10H,5-6,11-12,27H2. The van der Waals surface area contributed by atoms with E-state index in [2.05, 4.69) is 4.90 Å². The summed E-state index contributed by atoms with van der Waals surface area (Å²) in [5.74, 6) is 0.678. The van der Waals surface area contributed by atoms with Gasteiger partial charge in [0.2, 0.25) is 0 Å². The Morgan fingerprint density at radius 1 is 0.931 bits per heavy atom. The van der Waals surface area contributed by atoms with Crippen LogP contribution in [-0.2, 0) is 19.5 Å². The lowest BCUT2D eigenvalue weighted by molar-refractivity contribution is 0.245. The fraction of sp³-hybridized carbons (Fsp3) is 0.182. The summed E-state index contributed by atoms with van der Waals surface area (Å²) >= 11 is 18.3. The van der Waals surface area contributed by atoms with Crippen LogP contribution in [-0.4, -0.2) is 11.4 Å². The molecule has 1 aliphatic heterocycles. The molecule has 0 amide bonds. The van der Waals surface area contributed by atoms with Crippen molar-refractivity contribution in [2.24, 2.45) is 0 Å². The molecule has 0 saturated heterocycles. The molecule has 0 saturated carbocycles. The van der Waals surface area contributed by atoms with Crippen LogP contribution in [0.2, 0.25) is 15.1 Å². The van der Waals surface area contributed by atoms with Crippen LogP contribution in [0, 0.1) is 5.82 Å². The zero-order valence-corrected chi connectivity index (χ0v) is 17.7. The molecule has 29 heavy (non-hydrogen) atoms. The highest BCUT2D eigenvalue weighted by Crippen LogP contribution is 2.39. The van der Waals surface area contributed by atoms with Gasteiger partial charge < -0.3 is 10.5 Å². The molecular weight excluding hydrogens is 434 g/mol. The average Bonchev–Trinajstić information content (AvgIpc) is 2.67. The molecule has 3 nitrogen and oxygen atoms in total. The summed E-state index contributed by atoms with van der Waals surface area (Å²) in [6, 6.07) is 14.1. The van der Waals surface area contributed by atoms with Gasteiger partial charge in [-0.1, -0.05) is 46.9 Å². The molecule has 0 unspecified atom stereocenters. The normalized spacial score (nSPS) is 13.9. The molecule has 150 valence electrons. The van der Waals surface area contributed by atoms with Gasteiger partial charge in [0.25, 0.3) is 0 Å². The van der Waals surface area contributed by atoms with Crippen molar-refractivity contribution in [2.45, 2.75) is 19.5 Å². The van der Waals surface area contributed by atoms with E-state index in [1.165, 1.54) is 17.2 Å². The Bertz CT molecular complexity index is 1050. The highest BCUT2D eigenvalue weighted by Gasteiger charge is 2.18. The number of hydrogen-bond acceptors (Lipinski definition) is 3. The van der Waals surface area contributed by atoms with E-state index in [0.717, 1.165) is 25.1 Å². The minimum Gasteiger partial charge on any atom is -0.454 e. The lowest BCUT2D eigenvalue weighted by Gasteiger charge is -2.29. The molecule has 3 aromatic rings. The summed E-state index contributed by atoms with van der Waals surface area (Å²) in [4.78, 5) is 2.31. The third kappa shape index (κ3) is 4.62. The van der Waals surface area contributed by atoms with E-state index < -0.39 is 5.82 Å². The van der Waals surface area contributed by atoms with E-state index in [9.17, 15) is 4.39 Å². The first-order chi connectivity index (χ1) is 13.9. The zero-order valence-electron chi connectivity index (χ0n) is 15.4. The van der Waals surface area contributed by atoms with Gasteiger partial charge in [-0.2, -0.15) is 0 Å². The van der Waals surface area contributed by atoms with Crippen LogP contribution in [0.15, 0.2) is 48.5 Å². The van der Waals surface area contributed by atoms with Crippen LogP contribution in [0.1, 0.15) is 16.7 Å². The number of fused-ring (bicyclic) bond motifs is 1. The van der Waals surface area contributed by atoms with Gasteiger partial charge in [0.05, 0.1) is 15.1 Å². The van der Waals surface area contributed by atoms with Crippen molar-refractivity contribution in [1.82, 2.24) is 4.90 Å². The first-order valence-corrected chi connectivity index (χ1v) is 10.2. The molecule has 2 N–H and O–H groups in total. The molecule has 0 aromatic heterocycles. The van der Waals surface area contributed by atoms with E-state index in [4.69, 9.17) is 45.3 Å². The molecule has 1 heterocycles. The maximum absolute atomic E-state index is 13.4. The van der Waals surface area contributed by atoms with Crippen molar-refractivity contribution in [1.29, 1.82) is 0 Å². The summed E-state index contributed by atoms with van der Waals surface area (Å²) in [5.41, 5.74) is 9.67. The Hall–Kier alpha value is -1.98. The van der Waals surface area contributed by atoms with Gasteiger partial charge in [-0.05, 0) is 59.5 Å². The number of nitrogens with zero attached hydrogens (tertiary/aromatic N) is 1. The fourth-order valence-corrected chi connectivity index (χ4v) is 4.26. The number of nitrogen functional groups attached to an aromatic ring is 1. The number of ether oxygens (including phenoxy) is 1. The summed E-state index contributed by atoms with van der Waals surface area (Å²) in [6.45, 7) is 2.40. The van der Waals surface area contributed by atoms with E-state index >= 15 is 0 Å². The smallest absolute Gasteiger partial charge is 0.164 e. The van der Waals surface area contributed by atoms with Crippen molar-refractivity contribution < 1.29 is 9.13 Å². The van der Waals surface area contributed by atoms with E-state index in [0.29, 0.717) is 33.8 Å². The Morgan fingerprint density at radius 3 is 2.41 bits per heavy atom. The molecule has 7 heteroatoms. The molecule has 0 radical (unpaired) electrons.